The summed E-state index contributed by atoms with van der Waals surface area (Å²) in [5, 5.41) is 6.98. The van der Waals surface area contributed by atoms with Crippen LogP contribution in [0.25, 0.3) is 0 Å². The molecule has 72 valence electrons. The van der Waals surface area contributed by atoms with Crippen molar-refractivity contribution in [3.05, 3.63) is 11.4 Å². The van der Waals surface area contributed by atoms with E-state index >= 15 is 0 Å². The second kappa shape index (κ2) is 3.60. The van der Waals surface area contributed by atoms with Crippen LogP contribution in [0.2, 0.25) is 0 Å². The molecule has 4 heteroatoms. The summed E-state index contributed by atoms with van der Waals surface area (Å²) < 4.78 is 1.90. The molecule has 0 radical (unpaired) electrons. The first-order chi connectivity index (χ1) is 6.07. The second-order valence-electron chi connectivity index (χ2n) is 3.35. The summed E-state index contributed by atoms with van der Waals surface area (Å²) in [6.07, 6.45) is 0.682. The fraction of sp³-hybridized carbons (Fsp3) is 0.556. The number of carbonyl (C=O) groups is 1. The number of amides is 1. The van der Waals surface area contributed by atoms with Crippen LogP contribution in [-0.4, -0.2) is 16.2 Å². The summed E-state index contributed by atoms with van der Waals surface area (Å²) in [7, 11) is 0. The normalized spacial score (nSPS) is 10.5. The molecule has 0 aliphatic heterocycles. The van der Waals surface area contributed by atoms with E-state index in [-0.39, 0.29) is 0 Å². The highest BCUT2D eigenvalue weighted by atomic mass is 16.1. The zero-order valence-corrected chi connectivity index (χ0v) is 8.46. The van der Waals surface area contributed by atoms with Gasteiger partial charge in [0.15, 0.2) is 0 Å². The lowest BCUT2D eigenvalue weighted by molar-refractivity contribution is -0.105. The Hall–Kier alpha value is -1.32. The molecule has 0 saturated heterocycles. The first-order valence-electron chi connectivity index (χ1n) is 4.33. The van der Waals surface area contributed by atoms with Crippen LogP contribution in [0.5, 0.6) is 0 Å². The lowest BCUT2D eigenvalue weighted by atomic mass is 10.3. The highest BCUT2D eigenvalue weighted by Gasteiger charge is 2.11. The summed E-state index contributed by atoms with van der Waals surface area (Å²) in [6.45, 7) is 7.96. The molecule has 0 aromatic carbocycles. The third-order valence-electron chi connectivity index (χ3n) is 2.02. The molecule has 0 unspecified atom stereocenters. The van der Waals surface area contributed by atoms with Crippen molar-refractivity contribution in [3.8, 4) is 0 Å². The molecule has 13 heavy (non-hydrogen) atoms. The molecule has 0 atom stereocenters. The monoisotopic (exact) mass is 181 g/mol. The van der Waals surface area contributed by atoms with E-state index in [1.807, 2.05) is 18.5 Å². The Kier molecular flexibility index (Phi) is 2.70. The minimum atomic E-state index is 0.320. The van der Waals surface area contributed by atoms with Crippen LogP contribution in [0.1, 0.15) is 31.3 Å². The Labute approximate surface area is 77.9 Å². The Morgan fingerprint density at radius 1 is 1.46 bits per heavy atom. The Bertz CT molecular complexity index is 315. The molecule has 1 heterocycles. The van der Waals surface area contributed by atoms with Crippen molar-refractivity contribution >= 4 is 12.1 Å². The second-order valence-corrected chi connectivity index (χ2v) is 3.35. The molecule has 0 saturated carbocycles. The van der Waals surface area contributed by atoms with E-state index in [1.165, 1.54) is 0 Å². The average Bonchev–Trinajstić information content (AvgIpc) is 2.32. The first kappa shape index (κ1) is 9.77. The van der Waals surface area contributed by atoms with Gasteiger partial charge in [-0.3, -0.25) is 9.48 Å². The Balaban J connectivity index is 3.13. The quantitative estimate of drug-likeness (QED) is 0.721. The van der Waals surface area contributed by atoms with Crippen LogP contribution in [0.4, 0.5) is 5.69 Å². The molecule has 4 nitrogen and oxygen atoms in total. The maximum atomic E-state index is 10.3. The fourth-order valence-corrected chi connectivity index (χ4v) is 1.43. The maximum absolute atomic E-state index is 10.3. The first-order valence-corrected chi connectivity index (χ1v) is 4.33. The van der Waals surface area contributed by atoms with Crippen LogP contribution < -0.4 is 5.32 Å². The zero-order valence-electron chi connectivity index (χ0n) is 8.46. The Morgan fingerprint density at radius 3 is 2.46 bits per heavy atom. The predicted octanol–water partition coefficient (Wildman–Crippen LogP) is 1.65. The SMILES string of the molecule is Cc1nn(C(C)C)c(C)c1NC=O. The van der Waals surface area contributed by atoms with Crippen molar-refractivity contribution in [1.29, 1.82) is 0 Å². The number of nitrogens with zero attached hydrogens (tertiary/aromatic N) is 2. The maximum Gasteiger partial charge on any atom is 0.211 e. The molecule has 1 aromatic rings. The number of nitrogens with one attached hydrogen (secondary N) is 1. The third-order valence-corrected chi connectivity index (χ3v) is 2.02. The van der Waals surface area contributed by atoms with Crippen molar-refractivity contribution in [3.63, 3.8) is 0 Å². The van der Waals surface area contributed by atoms with Gasteiger partial charge >= 0.3 is 0 Å². The molecule has 1 rings (SSSR count). The summed E-state index contributed by atoms with van der Waals surface area (Å²) in [6, 6.07) is 0.320. The van der Waals surface area contributed by atoms with Crippen LogP contribution in [0, 0.1) is 13.8 Å². The lowest BCUT2D eigenvalue weighted by Gasteiger charge is -2.07. The zero-order chi connectivity index (χ0) is 10.0. The van der Waals surface area contributed by atoms with Gasteiger partial charge in [0.1, 0.15) is 0 Å². The van der Waals surface area contributed by atoms with E-state index in [4.69, 9.17) is 0 Å². The van der Waals surface area contributed by atoms with E-state index in [9.17, 15) is 4.79 Å². The van der Waals surface area contributed by atoms with Crippen LogP contribution in [0.3, 0.4) is 0 Å². The number of rotatable bonds is 3. The topological polar surface area (TPSA) is 46.9 Å². The van der Waals surface area contributed by atoms with Gasteiger partial charge in [-0.25, -0.2) is 0 Å². The van der Waals surface area contributed by atoms with Gasteiger partial charge in [-0.2, -0.15) is 5.10 Å². The highest BCUT2D eigenvalue weighted by molar-refractivity contribution is 5.74. The van der Waals surface area contributed by atoms with Gasteiger partial charge in [0.05, 0.1) is 17.1 Å². The number of aryl methyl sites for hydroxylation is 1. The molecule has 1 aromatic heterocycles. The van der Waals surface area contributed by atoms with Crippen LogP contribution in [0.15, 0.2) is 0 Å². The summed E-state index contributed by atoms with van der Waals surface area (Å²) in [5.74, 6) is 0. The van der Waals surface area contributed by atoms with Crippen molar-refractivity contribution in [2.45, 2.75) is 33.7 Å². The lowest BCUT2D eigenvalue weighted by Crippen LogP contribution is -2.05. The van der Waals surface area contributed by atoms with Gasteiger partial charge in [-0.1, -0.05) is 0 Å². The van der Waals surface area contributed by atoms with E-state index in [1.54, 1.807) is 0 Å². The van der Waals surface area contributed by atoms with Gasteiger partial charge < -0.3 is 5.32 Å². The van der Waals surface area contributed by atoms with Crippen LogP contribution >= 0.6 is 0 Å². The minimum Gasteiger partial charge on any atom is -0.326 e. The summed E-state index contributed by atoms with van der Waals surface area (Å²) in [5.41, 5.74) is 2.68. The van der Waals surface area contributed by atoms with Gasteiger partial charge in [0.2, 0.25) is 6.41 Å². The molecule has 1 N–H and O–H groups in total. The smallest absolute Gasteiger partial charge is 0.211 e. The van der Waals surface area contributed by atoms with Gasteiger partial charge in [0, 0.05) is 6.04 Å². The van der Waals surface area contributed by atoms with E-state index < -0.39 is 0 Å². The summed E-state index contributed by atoms with van der Waals surface area (Å²) in [4.78, 5) is 10.3. The standard InChI is InChI=1S/C9H15N3O/c1-6(2)12-8(4)9(10-5-13)7(3)11-12/h5-6H,1-4H3,(H,10,13). The summed E-state index contributed by atoms with van der Waals surface area (Å²) >= 11 is 0. The molecule has 1 amide bonds. The molecule has 0 spiro atoms. The Morgan fingerprint density at radius 2 is 2.08 bits per heavy atom. The van der Waals surface area contributed by atoms with Gasteiger partial charge in [-0.15, -0.1) is 0 Å². The predicted molar refractivity (Wildman–Crippen MR) is 51.8 cm³/mol. The van der Waals surface area contributed by atoms with Crippen molar-refractivity contribution in [2.75, 3.05) is 5.32 Å². The highest BCUT2D eigenvalue weighted by Crippen LogP contribution is 2.21. The van der Waals surface area contributed by atoms with Crippen LogP contribution in [-0.2, 0) is 4.79 Å². The number of anilines is 1. The number of aromatic nitrogens is 2. The largest absolute Gasteiger partial charge is 0.326 e. The van der Waals surface area contributed by atoms with Gasteiger partial charge in [-0.05, 0) is 27.7 Å². The van der Waals surface area contributed by atoms with Gasteiger partial charge in [0.25, 0.3) is 0 Å². The molecule has 0 bridgehead atoms. The average molecular weight is 181 g/mol. The van der Waals surface area contributed by atoms with Crippen molar-refractivity contribution in [1.82, 2.24) is 9.78 Å². The minimum absolute atomic E-state index is 0.320. The van der Waals surface area contributed by atoms with E-state index in [0.29, 0.717) is 12.5 Å². The molecular formula is C9H15N3O. The molecule has 0 aliphatic carbocycles. The fourth-order valence-electron chi connectivity index (χ4n) is 1.43. The number of hydrogen-bond acceptors (Lipinski definition) is 2. The number of carbonyl (C=O) groups excluding carboxylic acids is 1. The van der Waals surface area contributed by atoms with Crippen molar-refractivity contribution < 1.29 is 4.79 Å². The van der Waals surface area contributed by atoms with Crippen molar-refractivity contribution in [2.24, 2.45) is 0 Å². The molecule has 0 fully saturated rings. The van der Waals surface area contributed by atoms with E-state index in [0.717, 1.165) is 17.1 Å². The third kappa shape index (κ3) is 1.71. The number of hydrogen-bond donors (Lipinski definition) is 1. The van der Waals surface area contributed by atoms with E-state index in [2.05, 4.69) is 24.3 Å². The molecular weight excluding hydrogens is 166 g/mol. The molecule has 0 aliphatic rings.